The molecule has 0 saturated heterocycles. The molecule has 5 heteroatoms. The highest BCUT2D eigenvalue weighted by atomic mass is 19.2. The first-order valence-electron chi connectivity index (χ1n) is 6.79. The number of halogens is 3. The van der Waals surface area contributed by atoms with Crippen LogP contribution in [0.1, 0.15) is 32.3 Å². The van der Waals surface area contributed by atoms with E-state index < -0.39 is 17.5 Å². The number of hydrogen-bond acceptors (Lipinski definition) is 2. The summed E-state index contributed by atoms with van der Waals surface area (Å²) in [5.74, 6) is -3.22. The van der Waals surface area contributed by atoms with E-state index in [1.807, 2.05) is 13.8 Å². The average molecular weight is 282 g/mol. The van der Waals surface area contributed by atoms with Crippen LogP contribution in [0.15, 0.2) is 12.1 Å². The van der Waals surface area contributed by atoms with Gasteiger partial charge in [-0.1, -0.05) is 20.3 Å². The highest BCUT2D eigenvalue weighted by Gasteiger charge is 2.16. The van der Waals surface area contributed by atoms with E-state index >= 15 is 0 Å². The fraction of sp³-hybridized carbons (Fsp3) is 0.400. The smallest absolute Gasteiger partial charge is 0.195 e. The number of rotatable bonds is 5. The van der Waals surface area contributed by atoms with E-state index in [1.165, 1.54) is 0 Å². The molecule has 1 N–H and O–H groups in total. The third kappa shape index (κ3) is 2.71. The lowest BCUT2D eigenvalue weighted by Crippen LogP contribution is -2.06. The molecule has 0 bridgehead atoms. The van der Waals surface area contributed by atoms with E-state index in [-0.39, 0.29) is 10.9 Å². The largest absolute Gasteiger partial charge is 0.370 e. The van der Waals surface area contributed by atoms with E-state index in [9.17, 15) is 13.2 Å². The lowest BCUT2D eigenvalue weighted by molar-refractivity contribution is 0.453. The van der Waals surface area contributed by atoms with Crippen LogP contribution < -0.4 is 5.32 Å². The molecule has 0 saturated carbocycles. The molecule has 0 aliphatic heterocycles. The molecule has 0 aliphatic rings. The summed E-state index contributed by atoms with van der Waals surface area (Å²) in [6.45, 7) is 4.74. The zero-order valence-corrected chi connectivity index (χ0v) is 11.6. The Hall–Kier alpha value is -1.78. The van der Waals surface area contributed by atoms with Crippen LogP contribution in [0.3, 0.4) is 0 Å². The summed E-state index contributed by atoms with van der Waals surface area (Å²) >= 11 is 0. The third-order valence-corrected chi connectivity index (χ3v) is 3.10. The number of nitrogens with zero attached hydrogens (tertiary/aromatic N) is 1. The Labute approximate surface area is 116 Å². The molecular weight excluding hydrogens is 265 g/mol. The van der Waals surface area contributed by atoms with Crippen molar-refractivity contribution in [1.29, 1.82) is 0 Å². The topological polar surface area (TPSA) is 24.9 Å². The number of aryl methyl sites for hydroxylation is 1. The highest BCUT2D eigenvalue weighted by Crippen LogP contribution is 2.26. The van der Waals surface area contributed by atoms with Crippen molar-refractivity contribution in [1.82, 2.24) is 4.98 Å². The average Bonchev–Trinajstić information content (AvgIpc) is 2.44. The van der Waals surface area contributed by atoms with Crippen LogP contribution in [0.25, 0.3) is 10.9 Å². The maximum atomic E-state index is 13.8. The number of hydrogen-bond donors (Lipinski definition) is 1. The molecule has 2 rings (SSSR count). The van der Waals surface area contributed by atoms with Gasteiger partial charge in [0.15, 0.2) is 17.5 Å². The zero-order valence-electron chi connectivity index (χ0n) is 11.6. The van der Waals surface area contributed by atoms with E-state index in [2.05, 4.69) is 10.3 Å². The van der Waals surface area contributed by atoms with Crippen LogP contribution in [-0.2, 0) is 6.42 Å². The van der Waals surface area contributed by atoms with Gasteiger partial charge in [-0.25, -0.2) is 18.2 Å². The van der Waals surface area contributed by atoms with Crippen LogP contribution in [0.4, 0.5) is 19.0 Å². The number of nitrogens with one attached hydrogen (secondary N) is 1. The van der Waals surface area contributed by atoms with E-state index in [0.29, 0.717) is 12.2 Å². The molecule has 2 aromatic rings. The summed E-state index contributed by atoms with van der Waals surface area (Å²) in [4.78, 5) is 4.24. The molecule has 0 atom stereocenters. The van der Waals surface area contributed by atoms with Crippen molar-refractivity contribution < 1.29 is 13.2 Å². The molecule has 1 aromatic carbocycles. The minimum atomic E-state index is -1.45. The number of pyridine rings is 1. The Balaban J connectivity index is 2.61. The van der Waals surface area contributed by atoms with Crippen molar-refractivity contribution in [3.63, 3.8) is 0 Å². The molecule has 0 radical (unpaired) electrons. The number of anilines is 1. The predicted octanol–water partition coefficient (Wildman–Crippen LogP) is 4.43. The lowest BCUT2D eigenvalue weighted by atomic mass is 10.1. The minimum absolute atomic E-state index is 0.0226. The molecule has 20 heavy (non-hydrogen) atoms. The Kier molecular flexibility index (Phi) is 4.47. The van der Waals surface area contributed by atoms with Crippen LogP contribution in [0.5, 0.6) is 0 Å². The van der Waals surface area contributed by atoms with Crippen LogP contribution in [-0.4, -0.2) is 11.5 Å². The molecule has 0 spiro atoms. The van der Waals surface area contributed by atoms with Gasteiger partial charge in [-0.2, -0.15) is 0 Å². The summed E-state index contributed by atoms with van der Waals surface area (Å²) in [7, 11) is 0. The van der Waals surface area contributed by atoms with Gasteiger partial charge in [-0.05, 0) is 24.5 Å². The Morgan fingerprint density at radius 3 is 2.45 bits per heavy atom. The van der Waals surface area contributed by atoms with Gasteiger partial charge < -0.3 is 5.32 Å². The fourth-order valence-electron chi connectivity index (χ4n) is 2.12. The second kappa shape index (κ2) is 6.11. The van der Waals surface area contributed by atoms with Gasteiger partial charge in [0.25, 0.3) is 0 Å². The molecule has 1 heterocycles. The maximum Gasteiger partial charge on any atom is 0.195 e. The van der Waals surface area contributed by atoms with Gasteiger partial charge in [-0.15, -0.1) is 0 Å². The molecule has 108 valence electrons. The predicted molar refractivity (Wildman–Crippen MR) is 74.4 cm³/mol. The van der Waals surface area contributed by atoms with Crippen molar-refractivity contribution in [2.45, 2.75) is 33.1 Å². The van der Waals surface area contributed by atoms with Gasteiger partial charge in [-0.3, -0.25) is 0 Å². The summed E-state index contributed by atoms with van der Waals surface area (Å²) in [5, 5.41) is 3.17. The fourth-order valence-corrected chi connectivity index (χ4v) is 2.12. The standard InChI is InChI=1S/C15H17F3N2/c1-3-5-9-7-10-12(20-15(9)19-6-4-2)8-11(16)14(18)13(10)17/h7-8H,3-6H2,1-2H3,(H,19,20). The van der Waals surface area contributed by atoms with Crippen molar-refractivity contribution >= 4 is 16.7 Å². The van der Waals surface area contributed by atoms with Crippen LogP contribution in [0, 0.1) is 17.5 Å². The molecular formula is C15H17F3N2. The summed E-state index contributed by atoms with van der Waals surface area (Å²) in [5.41, 5.74) is 0.943. The van der Waals surface area contributed by atoms with Gasteiger partial charge in [0.1, 0.15) is 5.82 Å². The molecule has 0 unspecified atom stereocenters. The van der Waals surface area contributed by atoms with E-state index in [4.69, 9.17) is 0 Å². The van der Waals surface area contributed by atoms with Crippen LogP contribution in [0.2, 0.25) is 0 Å². The molecule has 2 nitrogen and oxygen atoms in total. The zero-order chi connectivity index (χ0) is 14.7. The van der Waals surface area contributed by atoms with Gasteiger partial charge in [0, 0.05) is 18.0 Å². The normalized spacial score (nSPS) is 11.1. The Morgan fingerprint density at radius 1 is 1.05 bits per heavy atom. The van der Waals surface area contributed by atoms with E-state index in [1.54, 1.807) is 6.07 Å². The third-order valence-electron chi connectivity index (χ3n) is 3.10. The monoisotopic (exact) mass is 282 g/mol. The summed E-state index contributed by atoms with van der Waals surface area (Å²) < 4.78 is 40.3. The Bertz CT molecular complexity index is 626. The first-order chi connectivity index (χ1) is 9.58. The quantitative estimate of drug-likeness (QED) is 0.821. The number of fused-ring (bicyclic) bond motifs is 1. The first kappa shape index (κ1) is 14.6. The first-order valence-corrected chi connectivity index (χ1v) is 6.79. The maximum absolute atomic E-state index is 13.8. The molecule has 0 fully saturated rings. The van der Waals surface area contributed by atoms with Crippen molar-refractivity contribution in [2.75, 3.05) is 11.9 Å². The van der Waals surface area contributed by atoms with Crippen LogP contribution >= 0.6 is 0 Å². The molecule has 0 amide bonds. The Morgan fingerprint density at radius 2 is 1.80 bits per heavy atom. The van der Waals surface area contributed by atoms with E-state index in [0.717, 1.165) is 31.0 Å². The van der Waals surface area contributed by atoms with Crippen molar-refractivity contribution in [3.05, 3.63) is 35.1 Å². The highest BCUT2D eigenvalue weighted by molar-refractivity contribution is 5.82. The molecule has 0 aliphatic carbocycles. The van der Waals surface area contributed by atoms with Gasteiger partial charge in [0.05, 0.1) is 5.52 Å². The number of benzene rings is 1. The van der Waals surface area contributed by atoms with Crippen molar-refractivity contribution in [2.24, 2.45) is 0 Å². The van der Waals surface area contributed by atoms with Gasteiger partial charge in [0.2, 0.25) is 0 Å². The minimum Gasteiger partial charge on any atom is -0.370 e. The second-order valence-corrected chi connectivity index (χ2v) is 4.73. The SMILES string of the molecule is CCCNc1nc2cc(F)c(F)c(F)c2cc1CCC. The summed E-state index contributed by atoms with van der Waals surface area (Å²) in [6.07, 6.45) is 2.48. The van der Waals surface area contributed by atoms with Crippen molar-refractivity contribution in [3.8, 4) is 0 Å². The lowest BCUT2D eigenvalue weighted by Gasteiger charge is -2.12. The molecule has 1 aromatic heterocycles. The van der Waals surface area contributed by atoms with Gasteiger partial charge >= 0.3 is 0 Å². The summed E-state index contributed by atoms with van der Waals surface area (Å²) in [6, 6.07) is 2.49. The second-order valence-electron chi connectivity index (χ2n) is 4.73. The number of aromatic nitrogens is 1.